The molecule has 4 heteroatoms. The van der Waals surface area contributed by atoms with Crippen LogP contribution in [0, 0.1) is 0 Å². The molecule has 0 bridgehead atoms. The van der Waals surface area contributed by atoms with Crippen molar-refractivity contribution in [1.29, 1.82) is 0 Å². The van der Waals surface area contributed by atoms with Crippen molar-refractivity contribution in [1.82, 2.24) is 0 Å². The Kier molecular flexibility index (Phi) is 8.32. The molecule has 0 N–H and O–H groups in total. The number of para-hydroxylation sites is 2. The molecule has 0 spiro atoms. The Morgan fingerprint density at radius 1 is 0.349 bits per heavy atom. The van der Waals surface area contributed by atoms with Gasteiger partial charge in [0.15, 0.2) is 0 Å². The van der Waals surface area contributed by atoms with Crippen LogP contribution in [-0.4, -0.2) is 19.2 Å². The smallest absolute Gasteiger partial charge is 0.0911 e. The highest BCUT2D eigenvalue weighted by Gasteiger charge is 2.29. The lowest BCUT2D eigenvalue weighted by Crippen LogP contribution is -2.40. The summed E-state index contributed by atoms with van der Waals surface area (Å²) in [6.45, 7) is 0.824. The van der Waals surface area contributed by atoms with Gasteiger partial charge in [-0.25, -0.2) is 0 Å². The third-order valence-electron chi connectivity index (χ3n) is 8.02. The minimum absolute atomic E-state index is 0.609. The fourth-order valence-electron chi connectivity index (χ4n) is 5.95. The lowest BCUT2D eigenvalue weighted by molar-refractivity contribution is 0.836. The summed E-state index contributed by atoms with van der Waals surface area (Å²) in [4.78, 5) is 5.29. The van der Waals surface area contributed by atoms with Gasteiger partial charge in [-0.15, -0.1) is 0 Å². The van der Waals surface area contributed by atoms with Gasteiger partial charge >= 0.3 is 0 Å². The molecule has 0 aromatic heterocycles. The first-order chi connectivity index (χ1) is 21.3. The third kappa shape index (κ3) is 6.00. The fraction of sp³-hybridized carbons (Fsp3) is 0.0769. The Morgan fingerprint density at radius 2 is 0.628 bits per heavy atom. The molecule has 0 radical (unpaired) electrons. The number of benzene rings is 6. The molecule has 0 atom stereocenters. The van der Waals surface area contributed by atoms with Crippen molar-refractivity contribution < 1.29 is 0 Å². The van der Waals surface area contributed by atoms with Crippen LogP contribution in [-0.2, 0) is 0 Å². The summed E-state index contributed by atoms with van der Waals surface area (Å²) < 4.78 is 0. The van der Waals surface area contributed by atoms with Gasteiger partial charge in [0.05, 0.1) is 6.67 Å². The molecular weight excluding hydrogens is 558 g/mol. The summed E-state index contributed by atoms with van der Waals surface area (Å²) >= 11 is 0. The molecule has 0 amide bonds. The first-order valence-electron chi connectivity index (χ1n) is 14.8. The van der Waals surface area contributed by atoms with Crippen LogP contribution in [0.3, 0.4) is 0 Å². The topological polar surface area (TPSA) is 6.48 Å². The van der Waals surface area contributed by atoms with Crippen LogP contribution in [0.1, 0.15) is 0 Å². The summed E-state index contributed by atoms with van der Waals surface area (Å²) in [7, 11) is -1.22. The zero-order valence-corrected chi connectivity index (χ0v) is 25.9. The van der Waals surface area contributed by atoms with E-state index in [2.05, 4.69) is 180 Å². The van der Waals surface area contributed by atoms with E-state index in [9.17, 15) is 0 Å². The first-order valence-corrected chi connectivity index (χ1v) is 17.8. The Bertz CT molecular complexity index is 1550. The molecule has 1 heterocycles. The summed E-state index contributed by atoms with van der Waals surface area (Å²) in [5, 5.41) is 5.63. The van der Waals surface area contributed by atoms with Gasteiger partial charge in [-0.05, 0) is 49.2 Å². The summed E-state index contributed by atoms with van der Waals surface area (Å²) in [5.41, 5.74) is 5.22. The summed E-state index contributed by atoms with van der Waals surface area (Å²) in [6.07, 6.45) is 1.89. The second kappa shape index (κ2) is 13.0. The number of rotatable bonds is 8. The molecule has 2 nitrogen and oxygen atoms in total. The zero-order valence-electron chi connectivity index (χ0n) is 24.1. The molecule has 0 saturated carbocycles. The first kappa shape index (κ1) is 27.6. The van der Waals surface area contributed by atoms with E-state index in [0.717, 1.165) is 19.2 Å². The number of hydrogen-bond acceptors (Lipinski definition) is 2. The molecule has 0 unspecified atom stereocenters. The van der Waals surface area contributed by atoms with E-state index in [4.69, 9.17) is 0 Å². The highest BCUT2D eigenvalue weighted by molar-refractivity contribution is 7.73. The van der Waals surface area contributed by atoms with E-state index in [0.29, 0.717) is 0 Å². The predicted octanol–water partition coefficient (Wildman–Crippen LogP) is 8.12. The standard InChI is InChI=1S/C39H34N2P2/c1-5-17-32(18-6-1)42(33-19-7-2-8-20-33)30-40-29-41(39-28-16-14-26-37(39)36-25-13-15-27-38(36)40)31-43(34-21-9-3-10-22-34)35-23-11-4-12-24-35/h1-28H,29-31H2. The Hall–Kier alpha value is -4.22. The number of hydrogen-bond donors (Lipinski definition) is 0. The second-order valence-corrected chi connectivity index (χ2v) is 15.1. The number of nitrogens with zero attached hydrogens (tertiary/aromatic N) is 2. The fourth-order valence-corrected chi connectivity index (χ4v) is 10.5. The molecule has 43 heavy (non-hydrogen) atoms. The van der Waals surface area contributed by atoms with E-state index in [-0.39, 0.29) is 0 Å². The SMILES string of the molecule is c1ccc(P(CN2CN(CP(c3ccccc3)c3ccccc3)c3ccccc3-c3ccccc32)c2ccccc2)cc1. The number of fused-ring (bicyclic) bond motifs is 3. The average molecular weight is 593 g/mol. The molecule has 0 saturated heterocycles. The molecule has 1 aliphatic rings. The maximum absolute atomic E-state index is 2.64. The average Bonchev–Trinajstić information content (AvgIpc) is 3.22. The van der Waals surface area contributed by atoms with E-state index >= 15 is 0 Å². The van der Waals surface area contributed by atoms with Crippen molar-refractivity contribution in [3.63, 3.8) is 0 Å². The van der Waals surface area contributed by atoms with Gasteiger partial charge in [0.2, 0.25) is 0 Å². The van der Waals surface area contributed by atoms with E-state index in [1.807, 2.05) is 0 Å². The van der Waals surface area contributed by atoms with Crippen molar-refractivity contribution in [2.75, 3.05) is 29.0 Å². The van der Waals surface area contributed by atoms with Crippen molar-refractivity contribution >= 4 is 48.4 Å². The van der Waals surface area contributed by atoms with Gasteiger partial charge in [0.25, 0.3) is 0 Å². The van der Waals surface area contributed by atoms with Crippen LogP contribution in [0.2, 0.25) is 0 Å². The largest absolute Gasteiger partial charge is 0.349 e. The Balaban J connectivity index is 1.33. The second-order valence-electron chi connectivity index (χ2n) is 10.7. The Morgan fingerprint density at radius 3 is 0.953 bits per heavy atom. The van der Waals surface area contributed by atoms with Crippen molar-refractivity contribution in [2.45, 2.75) is 0 Å². The molecule has 6 aromatic rings. The molecule has 6 aromatic carbocycles. The van der Waals surface area contributed by atoms with Gasteiger partial charge in [0, 0.05) is 35.1 Å². The van der Waals surface area contributed by atoms with E-state index < -0.39 is 15.8 Å². The van der Waals surface area contributed by atoms with Gasteiger partial charge in [-0.1, -0.05) is 158 Å². The predicted molar refractivity (Wildman–Crippen MR) is 190 cm³/mol. The van der Waals surface area contributed by atoms with Crippen molar-refractivity contribution in [3.05, 3.63) is 170 Å². The van der Waals surface area contributed by atoms with Crippen molar-refractivity contribution in [3.8, 4) is 11.1 Å². The van der Waals surface area contributed by atoms with Crippen LogP contribution in [0.15, 0.2) is 170 Å². The highest BCUT2D eigenvalue weighted by atomic mass is 31.1. The third-order valence-corrected chi connectivity index (χ3v) is 13.0. The zero-order chi connectivity index (χ0) is 28.8. The van der Waals surface area contributed by atoms with E-state index in [1.165, 1.54) is 43.7 Å². The molecule has 1 aliphatic heterocycles. The van der Waals surface area contributed by atoms with Crippen LogP contribution in [0.5, 0.6) is 0 Å². The normalized spacial score (nSPS) is 12.6. The lowest BCUT2D eigenvalue weighted by Gasteiger charge is -2.36. The summed E-state index contributed by atoms with van der Waals surface area (Å²) in [6, 6.07) is 62.3. The monoisotopic (exact) mass is 592 g/mol. The quantitative estimate of drug-likeness (QED) is 0.165. The van der Waals surface area contributed by atoms with Crippen LogP contribution in [0.25, 0.3) is 11.1 Å². The van der Waals surface area contributed by atoms with Crippen molar-refractivity contribution in [2.24, 2.45) is 0 Å². The molecule has 7 rings (SSSR count). The molecule has 0 fully saturated rings. The highest BCUT2D eigenvalue weighted by Crippen LogP contribution is 2.46. The Labute approximate surface area is 257 Å². The van der Waals surface area contributed by atoms with Crippen LogP contribution < -0.4 is 31.0 Å². The van der Waals surface area contributed by atoms with Crippen LogP contribution >= 0.6 is 15.8 Å². The minimum Gasteiger partial charge on any atom is -0.349 e. The maximum Gasteiger partial charge on any atom is 0.0911 e. The van der Waals surface area contributed by atoms with Gasteiger partial charge < -0.3 is 9.80 Å². The lowest BCUT2D eigenvalue weighted by atomic mass is 10.0. The molecule has 0 aliphatic carbocycles. The van der Waals surface area contributed by atoms with Gasteiger partial charge in [0.1, 0.15) is 0 Å². The van der Waals surface area contributed by atoms with Gasteiger partial charge in [-0.2, -0.15) is 0 Å². The summed E-state index contributed by atoms with van der Waals surface area (Å²) in [5.74, 6) is 0. The van der Waals surface area contributed by atoms with E-state index in [1.54, 1.807) is 0 Å². The molecule has 210 valence electrons. The maximum atomic E-state index is 2.64. The van der Waals surface area contributed by atoms with Crippen LogP contribution in [0.4, 0.5) is 11.4 Å². The minimum atomic E-state index is -0.609. The van der Waals surface area contributed by atoms with Gasteiger partial charge in [-0.3, -0.25) is 0 Å². The molecular formula is C39H34N2P2. The number of anilines is 2.